The van der Waals surface area contributed by atoms with Crippen LogP contribution in [-0.4, -0.2) is 5.97 Å². The van der Waals surface area contributed by atoms with Crippen molar-refractivity contribution in [1.29, 1.82) is 0 Å². The maximum atomic E-state index is 12.7. The van der Waals surface area contributed by atoms with Gasteiger partial charge in [-0.15, -0.1) is 0 Å². The van der Waals surface area contributed by atoms with Crippen LogP contribution in [0.25, 0.3) is 0 Å². The van der Waals surface area contributed by atoms with Crippen molar-refractivity contribution >= 4 is 5.97 Å². The zero-order chi connectivity index (χ0) is 16.9. The van der Waals surface area contributed by atoms with Crippen molar-refractivity contribution in [2.75, 3.05) is 0 Å². The molecular weight excluding hydrogens is 284 g/mol. The van der Waals surface area contributed by atoms with Gasteiger partial charge in [-0.05, 0) is 37.3 Å². The molecule has 2 aromatic rings. The number of fused-ring (bicyclic) bond motifs is 1. The summed E-state index contributed by atoms with van der Waals surface area (Å²) < 4.78 is 5.74. The molecule has 1 unspecified atom stereocenters. The van der Waals surface area contributed by atoms with Crippen LogP contribution in [0, 0.1) is 20.8 Å². The third kappa shape index (κ3) is 2.67. The lowest BCUT2D eigenvalue weighted by Gasteiger charge is -2.22. The van der Waals surface area contributed by atoms with Crippen LogP contribution < -0.4 is 4.74 Å². The summed E-state index contributed by atoms with van der Waals surface area (Å²) in [5.74, 6) is 0.287. The molecule has 0 N–H and O–H groups in total. The van der Waals surface area contributed by atoms with Gasteiger partial charge in [-0.25, -0.2) is 0 Å². The first-order chi connectivity index (χ1) is 10.7. The highest BCUT2D eigenvalue weighted by Gasteiger charge is 2.38. The largest absolute Gasteiger partial charge is 0.425 e. The van der Waals surface area contributed by atoms with Gasteiger partial charge >= 0.3 is 5.97 Å². The molecule has 120 valence electrons. The fourth-order valence-corrected chi connectivity index (χ4v) is 3.34. The van der Waals surface area contributed by atoms with Crippen LogP contribution in [0.3, 0.4) is 0 Å². The molecule has 2 heteroatoms. The first-order valence-corrected chi connectivity index (χ1v) is 8.12. The molecule has 1 atom stereocenters. The van der Waals surface area contributed by atoms with E-state index in [2.05, 4.69) is 71.9 Å². The van der Waals surface area contributed by atoms with Crippen LogP contribution in [0.1, 0.15) is 60.1 Å². The molecular formula is C21H24O2. The van der Waals surface area contributed by atoms with Crippen molar-refractivity contribution in [3.8, 4) is 5.75 Å². The van der Waals surface area contributed by atoms with Crippen LogP contribution in [-0.2, 0) is 10.2 Å². The Morgan fingerprint density at radius 2 is 1.57 bits per heavy atom. The molecule has 1 heterocycles. The number of esters is 1. The van der Waals surface area contributed by atoms with Gasteiger partial charge in [0.25, 0.3) is 0 Å². The molecule has 0 fully saturated rings. The minimum Gasteiger partial charge on any atom is -0.425 e. The minimum atomic E-state index is -0.314. The molecule has 0 aliphatic carbocycles. The average Bonchev–Trinajstić information content (AvgIpc) is 2.75. The first kappa shape index (κ1) is 15.8. The van der Waals surface area contributed by atoms with Crippen LogP contribution in [0.2, 0.25) is 0 Å². The minimum absolute atomic E-state index is 0.0626. The SMILES string of the molecule is Cc1ccc(C)c(C2C(=O)Oc3c2cc(C)cc3C(C)(C)C)c1. The standard InChI is InChI=1S/C21H24O2/c1-12-7-8-14(3)15(9-12)18-16-10-13(2)11-17(21(4,5)6)19(16)23-20(18)22/h7-11,18H,1-6H3. The summed E-state index contributed by atoms with van der Waals surface area (Å²) in [6, 6.07) is 10.5. The topological polar surface area (TPSA) is 26.3 Å². The molecule has 2 aromatic carbocycles. The lowest BCUT2D eigenvalue weighted by molar-refractivity contribution is -0.133. The highest BCUT2D eigenvalue weighted by atomic mass is 16.5. The van der Waals surface area contributed by atoms with Gasteiger partial charge in [0.2, 0.25) is 0 Å². The fraction of sp³-hybridized carbons (Fsp3) is 0.381. The van der Waals surface area contributed by atoms with E-state index < -0.39 is 0 Å². The van der Waals surface area contributed by atoms with Gasteiger partial charge in [-0.1, -0.05) is 62.2 Å². The summed E-state index contributed by atoms with van der Waals surface area (Å²) in [6.45, 7) is 12.7. The number of hydrogen-bond donors (Lipinski definition) is 0. The summed E-state index contributed by atoms with van der Waals surface area (Å²) in [5, 5.41) is 0. The molecule has 1 aliphatic rings. The maximum Gasteiger partial charge on any atom is 0.323 e. The van der Waals surface area contributed by atoms with Gasteiger partial charge < -0.3 is 4.74 Å². The van der Waals surface area contributed by atoms with Gasteiger partial charge in [0.1, 0.15) is 11.7 Å². The Bertz CT molecular complexity index is 794. The van der Waals surface area contributed by atoms with Crippen molar-refractivity contribution in [3.63, 3.8) is 0 Å². The van der Waals surface area contributed by atoms with Crippen molar-refractivity contribution in [2.45, 2.75) is 52.9 Å². The van der Waals surface area contributed by atoms with Crippen molar-refractivity contribution in [1.82, 2.24) is 0 Å². The van der Waals surface area contributed by atoms with E-state index in [0.717, 1.165) is 33.6 Å². The zero-order valence-electron chi connectivity index (χ0n) is 14.8. The first-order valence-electron chi connectivity index (χ1n) is 8.12. The smallest absolute Gasteiger partial charge is 0.323 e. The monoisotopic (exact) mass is 308 g/mol. The summed E-state index contributed by atoms with van der Waals surface area (Å²) >= 11 is 0. The summed E-state index contributed by atoms with van der Waals surface area (Å²) in [5.41, 5.74) is 6.57. The van der Waals surface area contributed by atoms with E-state index in [1.165, 1.54) is 5.56 Å². The van der Waals surface area contributed by atoms with E-state index in [-0.39, 0.29) is 17.3 Å². The van der Waals surface area contributed by atoms with Gasteiger partial charge in [-0.2, -0.15) is 0 Å². The number of rotatable bonds is 1. The summed E-state index contributed by atoms with van der Waals surface area (Å²) in [7, 11) is 0. The van der Waals surface area contributed by atoms with E-state index in [9.17, 15) is 4.79 Å². The van der Waals surface area contributed by atoms with Crippen molar-refractivity contribution in [2.24, 2.45) is 0 Å². The normalized spacial score (nSPS) is 17.1. The van der Waals surface area contributed by atoms with Gasteiger partial charge in [0.15, 0.2) is 0 Å². The second-order valence-corrected chi connectivity index (χ2v) is 7.69. The lowest BCUT2D eigenvalue weighted by atomic mass is 9.81. The van der Waals surface area contributed by atoms with E-state index in [1.807, 2.05) is 0 Å². The van der Waals surface area contributed by atoms with Crippen LogP contribution in [0.15, 0.2) is 30.3 Å². The molecule has 1 aliphatic heterocycles. The quantitative estimate of drug-likeness (QED) is 0.550. The number of carbonyl (C=O) groups is 1. The fourth-order valence-electron chi connectivity index (χ4n) is 3.34. The third-order valence-corrected chi connectivity index (χ3v) is 4.57. The molecule has 0 aromatic heterocycles. The Kier molecular flexibility index (Phi) is 3.59. The number of benzene rings is 2. The Morgan fingerprint density at radius 1 is 0.913 bits per heavy atom. The maximum absolute atomic E-state index is 12.7. The van der Waals surface area contributed by atoms with Gasteiger partial charge in [0, 0.05) is 11.1 Å². The second kappa shape index (κ2) is 5.23. The van der Waals surface area contributed by atoms with Gasteiger partial charge in [0.05, 0.1) is 0 Å². The Labute approximate surface area is 138 Å². The molecule has 23 heavy (non-hydrogen) atoms. The summed E-state index contributed by atoms with van der Waals surface area (Å²) in [4.78, 5) is 12.7. The number of ether oxygens (including phenoxy) is 1. The van der Waals surface area contributed by atoms with E-state index in [4.69, 9.17) is 4.74 Å². The molecule has 0 amide bonds. The Morgan fingerprint density at radius 3 is 2.22 bits per heavy atom. The van der Waals surface area contributed by atoms with Crippen molar-refractivity contribution in [3.05, 3.63) is 63.7 Å². The number of hydrogen-bond acceptors (Lipinski definition) is 2. The number of aryl methyl sites for hydroxylation is 3. The van der Waals surface area contributed by atoms with E-state index >= 15 is 0 Å². The Hall–Kier alpha value is -2.09. The molecule has 0 bridgehead atoms. The predicted octanol–water partition coefficient (Wildman–Crippen LogP) is 4.96. The number of carbonyl (C=O) groups excluding carboxylic acids is 1. The molecule has 0 saturated carbocycles. The average molecular weight is 308 g/mol. The van der Waals surface area contributed by atoms with Crippen LogP contribution in [0.4, 0.5) is 0 Å². The lowest BCUT2D eigenvalue weighted by Crippen LogP contribution is -2.14. The summed E-state index contributed by atoms with van der Waals surface area (Å²) in [6.07, 6.45) is 0. The zero-order valence-corrected chi connectivity index (χ0v) is 14.8. The van der Waals surface area contributed by atoms with Crippen LogP contribution in [0.5, 0.6) is 5.75 Å². The third-order valence-electron chi connectivity index (χ3n) is 4.57. The van der Waals surface area contributed by atoms with E-state index in [0.29, 0.717) is 0 Å². The Balaban J connectivity index is 2.24. The second-order valence-electron chi connectivity index (χ2n) is 7.69. The molecule has 2 nitrogen and oxygen atoms in total. The van der Waals surface area contributed by atoms with Crippen LogP contribution >= 0.6 is 0 Å². The molecule has 0 spiro atoms. The highest BCUT2D eigenvalue weighted by molar-refractivity contribution is 5.90. The van der Waals surface area contributed by atoms with Gasteiger partial charge in [-0.3, -0.25) is 4.79 Å². The highest BCUT2D eigenvalue weighted by Crippen LogP contribution is 2.46. The molecule has 0 saturated heterocycles. The van der Waals surface area contributed by atoms with Crippen molar-refractivity contribution < 1.29 is 9.53 Å². The predicted molar refractivity (Wildman–Crippen MR) is 93.3 cm³/mol. The molecule has 0 radical (unpaired) electrons. The van der Waals surface area contributed by atoms with E-state index in [1.54, 1.807) is 0 Å². The molecule has 3 rings (SSSR count).